The van der Waals surface area contributed by atoms with Crippen LogP contribution in [0.15, 0.2) is 30.5 Å². The molecule has 1 saturated heterocycles. The molecule has 0 saturated carbocycles. The van der Waals surface area contributed by atoms with Crippen LogP contribution in [0.5, 0.6) is 0 Å². The van der Waals surface area contributed by atoms with E-state index in [1.54, 1.807) is 29.2 Å². The Morgan fingerprint density at radius 2 is 2.09 bits per heavy atom. The minimum atomic E-state index is -0.661. The van der Waals surface area contributed by atoms with Crippen LogP contribution in [-0.4, -0.2) is 52.2 Å². The molecule has 1 atom stereocenters. The van der Waals surface area contributed by atoms with Crippen molar-refractivity contribution < 1.29 is 9.59 Å². The van der Waals surface area contributed by atoms with Crippen LogP contribution in [0.1, 0.15) is 41.4 Å². The lowest BCUT2D eigenvalue weighted by atomic mass is 9.95. The summed E-state index contributed by atoms with van der Waals surface area (Å²) in [4.78, 5) is 38.4. The molecule has 168 valence electrons. The van der Waals surface area contributed by atoms with Crippen molar-refractivity contribution in [3.63, 3.8) is 0 Å². The van der Waals surface area contributed by atoms with Crippen molar-refractivity contribution in [2.75, 3.05) is 31.7 Å². The van der Waals surface area contributed by atoms with Gasteiger partial charge in [0.2, 0.25) is 0 Å². The number of anilines is 2. The van der Waals surface area contributed by atoms with Crippen LogP contribution in [0.2, 0.25) is 0 Å². The zero-order valence-corrected chi connectivity index (χ0v) is 19.4. The second kappa shape index (κ2) is 9.22. The Hall–Kier alpha value is -3.04. The molecule has 1 aliphatic heterocycles. The van der Waals surface area contributed by atoms with Crippen LogP contribution in [-0.2, 0) is 16.1 Å². The van der Waals surface area contributed by atoms with E-state index in [1.165, 1.54) is 6.20 Å². The number of nitrogens with zero attached hydrogens (tertiary/aromatic N) is 4. The van der Waals surface area contributed by atoms with Gasteiger partial charge in [-0.05, 0) is 69.6 Å². The third kappa shape index (κ3) is 4.73. The molecular formula is C23H28N6O2S. The summed E-state index contributed by atoms with van der Waals surface area (Å²) < 4.78 is 1.13. The molecule has 9 heteroatoms. The number of pyridine rings is 1. The van der Waals surface area contributed by atoms with Gasteiger partial charge in [0, 0.05) is 13.1 Å². The predicted octanol–water partition coefficient (Wildman–Crippen LogP) is 3.34. The van der Waals surface area contributed by atoms with Crippen LogP contribution in [0, 0.1) is 6.92 Å². The quantitative estimate of drug-likeness (QED) is 0.589. The van der Waals surface area contributed by atoms with Gasteiger partial charge in [-0.15, -0.1) is 11.3 Å². The molecule has 2 amide bonds. The summed E-state index contributed by atoms with van der Waals surface area (Å²) in [6, 6.07) is 7.76. The van der Waals surface area contributed by atoms with E-state index >= 15 is 0 Å². The molecule has 8 nitrogen and oxygen atoms in total. The van der Waals surface area contributed by atoms with E-state index in [2.05, 4.69) is 33.4 Å². The fraction of sp³-hybridized carbons (Fsp3) is 0.391. The molecule has 4 rings (SSSR count). The number of carbonyl (C=O) groups excluding carboxylic acids is 2. The van der Waals surface area contributed by atoms with Crippen LogP contribution in [0.25, 0.3) is 10.2 Å². The molecule has 3 heterocycles. The normalized spacial score (nSPS) is 16.5. The van der Waals surface area contributed by atoms with E-state index in [-0.39, 0.29) is 6.04 Å². The van der Waals surface area contributed by atoms with Gasteiger partial charge in [-0.1, -0.05) is 6.07 Å². The number of nitrogens with two attached hydrogens (primary N) is 1. The van der Waals surface area contributed by atoms with Gasteiger partial charge >= 0.3 is 11.8 Å². The highest BCUT2D eigenvalue weighted by Crippen LogP contribution is 2.34. The number of carbonyl (C=O) groups is 2. The molecule has 0 spiro atoms. The van der Waals surface area contributed by atoms with Crippen molar-refractivity contribution in [1.29, 1.82) is 0 Å². The van der Waals surface area contributed by atoms with Crippen molar-refractivity contribution in [2.45, 2.75) is 38.8 Å². The summed E-state index contributed by atoms with van der Waals surface area (Å²) in [7, 11) is 4.05. The number of nitrogens with one attached hydrogen (secondary N) is 1. The number of likely N-dealkylation sites (tertiary alicyclic amines) is 1. The number of hydrogen-bond donors (Lipinski definition) is 2. The summed E-state index contributed by atoms with van der Waals surface area (Å²) in [5.74, 6) is -0.793. The number of aryl methyl sites for hydroxylation is 1. The average molecular weight is 453 g/mol. The molecule has 2 aromatic heterocycles. The molecule has 1 fully saturated rings. The largest absolute Gasteiger partial charge is 0.383 e. The highest BCUT2D eigenvalue weighted by atomic mass is 32.1. The van der Waals surface area contributed by atoms with E-state index in [0.29, 0.717) is 18.1 Å². The lowest BCUT2D eigenvalue weighted by molar-refractivity contribution is -0.145. The summed E-state index contributed by atoms with van der Waals surface area (Å²) in [5.41, 5.74) is 8.90. The van der Waals surface area contributed by atoms with Crippen molar-refractivity contribution >= 4 is 44.9 Å². The fourth-order valence-corrected chi connectivity index (χ4v) is 5.09. The third-order valence-electron chi connectivity index (χ3n) is 5.63. The SMILES string of the molecule is Cc1cc(NC(=O)C(=O)N2CCCC[C@H]2c2ccc3sc(CN(C)C)nc3c2)cnc1N. The number of nitrogen functional groups attached to an aromatic ring is 1. The number of piperidine rings is 1. The first-order valence-corrected chi connectivity index (χ1v) is 11.5. The molecule has 3 N–H and O–H groups in total. The maximum absolute atomic E-state index is 13.1. The van der Waals surface area contributed by atoms with Gasteiger partial charge in [0.15, 0.2) is 0 Å². The molecular weight excluding hydrogens is 424 g/mol. The van der Waals surface area contributed by atoms with Gasteiger partial charge in [-0.25, -0.2) is 9.97 Å². The second-order valence-corrected chi connectivity index (χ2v) is 9.58. The van der Waals surface area contributed by atoms with Crippen LogP contribution < -0.4 is 11.1 Å². The van der Waals surface area contributed by atoms with Gasteiger partial charge in [0.05, 0.1) is 28.1 Å². The molecule has 3 aromatic rings. The predicted molar refractivity (Wildman–Crippen MR) is 127 cm³/mol. The first-order valence-electron chi connectivity index (χ1n) is 10.7. The van der Waals surface area contributed by atoms with Gasteiger partial charge in [0.25, 0.3) is 0 Å². The first kappa shape index (κ1) is 22.2. The highest BCUT2D eigenvalue weighted by Gasteiger charge is 2.32. The van der Waals surface area contributed by atoms with Gasteiger partial charge in [-0.3, -0.25) is 9.59 Å². The Labute approximate surface area is 191 Å². The van der Waals surface area contributed by atoms with Crippen LogP contribution in [0.4, 0.5) is 11.5 Å². The molecule has 1 aliphatic rings. The van der Waals surface area contributed by atoms with Crippen LogP contribution in [0.3, 0.4) is 0 Å². The second-order valence-electron chi connectivity index (χ2n) is 8.46. The Morgan fingerprint density at radius 3 is 2.84 bits per heavy atom. The number of thiazole rings is 1. The minimum absolute atomic E-state index is 0.142. The van der Waals surface area contributed by atoms with E-state index in [1.807, 2.05) is 14.1 Å². The number of rotatable bonds is 4. The zero-order chi connectivity index (χ0) is 22.8. The van der Waals surface area contributed by atoms with Crippen molar-refractivity contribution in [1.82, 2.24) is 19.8 Å². The third-order valence-corrected chi connectivity index (χ3v) is 6.65. The number of hydrogen-bond acceptors (Lipinski definition) is 7. The van der Waals surface area contributed by atoms with Gasteiger partial charge < -0.3 is 20.9 Å². The van der Waals surface area contributed by atoms with Crippen molar-refractivity contribution in [3.05, 3.63) is 46.6 Å². The fourth-order valence-electron chi connectivity index (χ4n) is 4.03. The monoisotopic (exact) mass is 452 g/mol. The zero-order valence-electron chi connectivity index (χ0n) is 18.6. The van der Waals surface area contributed by atoms with Crippen molar-refractivity contribution in [2.24, 2.45) is 0 Å². The molecule has 0 aliphatic carbocycles. The highest BCUT2D eigenvalue weighted by molar-refractivity contribution is 7.18. The molecule has 1 aromatic carbocycles. The summed E-state index contributed by atoms with van der Waals surface area (Å²) in [5, 5.41) is 3.73. The van der Waals surface area contributed by atoms with Gasteiger partial charge in [0.1, 0.15) is 10.8 Å². The Balaban J connectivity index is 1.54. The van der Waals surface area contributed by atoms with E-state index < -0.39 is 11.8 Å². The molecule has 32 heavy (non-hydrogen) atoms. The topological polar surface area (TPSA) is 104 Å². The lowest BCUT2D eigenvalue weighted by Crippen LogP contribution is -2.44. The minimum Gasteiger partial charge on any atom is -0.383 e. The van der Waals surface area contributed by atoms with Crippen LogP contribution >= 0.6 is 11.3 Å². The Morgan fingerprint density at radius 1 is 1.28 bits per heavy atom. The molecule has 0 bridgehead atoms. The summed E-state index contributed by atoms with van der Waals surface area (Å²) in [6.07, 6.45) is 4.17. The molecule has 0 radical (unpaired) electrons. The maximum atomic E-state index is 13.1. The number of benzene rings is 1. The smallest absolute Gasteiger partial charge is 0.313 e. The average Bonchev–Trinajstić information content (AvgIpc) is 3.16. The van der Waals surface area contributed by atoms with Crippen molar-refractivity contribution in [3.8, 4) is 0 Å². The number of aromatic nitrogens is 2. The lowest BCUT2D eigenvalue weighted by Gasteiger charge is -2.35. The standard InChI is InChI=1S/C23H28N6O2S/c1-14-10-16(12-25-21(14)24)26-22(30)23(31)29-9-5-4-6-18(29)15-7-8-19-17(11-15)27-20(32-19)13-28(2)3/h7-8,10-12,18H,4-6,9,13H2,1-3H3,(H2,24,25)(H,26,30)/t18-/m0/s1. The Bertz CT molecular complexity index is 1160. The van der Waals surface area contributed by atoms with E-state index in [4.69, 9.17) is 10.7 Å². The first-order chi connectivity index (χ1) is 15.3. The van der Waals surface area contributed by atoms with E-state index in [0.717, 1.165) is 52.2 Å². The number of fused-ring (bicyclic) bond motifs is 1. The number of amides is 2. The molecule has 0 unspecified atom stereocenters. The Kier molecular flexibility index (Phi) is 6.38. The summed E-state index contributed by atoms with van der Waals surface area (Å²) in [6.45, 7) is 3.15. The van der Waals surface area contributed by atoms with E-state index in [9.17, 15) is 9.59 Å². The maximum Gasteiger partial charge on any atom is 0.313 e. The van der Waals surface area contributed by atoms with Gasteiger partial charge in [-0.2, -0.15) is 0 Å². The summed E-state index contributed by atoms with van der Waals surface area (Å²) >= 11 is 1.68.